The summed E-state index contributed by atoms with van der Waals surface area (Å²) < 4.78 is 14.7. The first kappa shape index (κ1) is 12.8. The van der Waals surface area contributed by atoms with Crippen LogP contribution < -0.4 is 4.72 Å². The molecule has 0 spiro atoms. The van der Waals surface area contributed by atoms with Crippen molar-refractivity contribution in [3.05, 3.63) is 0 Å². The summed E-state index contributed by atoms with van der Waals surface area (Å²) in [5, 5.41) is 0. The lowest BCUT2D eigenvalue weighted by molar-refractivity contribution is -0.124. The molecule has 1 N–H and O–H groups in total. The molecule has 1 saturated carbocycles. The van der Waals surface area contributed by atoms with Crippen molar-refractivity contribution < 1.29 is 9.00 Å². The number of carbonyl (C=O) groups excluding carboxylic acids is 1. The average molecular weight is 231 g/mol. The van der Waals surface area contributed by atoms with Crippen molar-refractivity contribution in [2.45, 2.75) is 57.7 Å². The van der Waals surface area contributed by atoms with Crippen molar-refractivity contribution in [2.24, 2.45) is 5.92 Å². The van der Waals surface area contributed by atoms with Crippen molar-refractivity contribution in [3.63, 3.8) is 0 Å². The standard InChI is InChI=1S/C11H21NO2S/c1-8-9(6-5-7-10(8)13)12-15(14)11(2,3)4/h8-9,12H,5-7H2,1-4H3. The van der Waals surface area contributed by atoms with Gasteiger partial charge < -0.3 is 0 Å². The van der Waals surface area contributed by atoms with Gasteiger partial charge in [0.15, 0.2) is 0 Å². The molecule has 88 valence electrons. The monoisotopic (exact) mass is 231 g/mol. The van der Waals surface area contributed by atoms with Crippen LogP contribution >= 0.6 is 0 Å². The molecule has 1 aliphatic rings. The molecule has 1 aliphatic carbocycles. The van der Waals surface area contributed by atoms with Crippen LogP contribution in [0.15, 0.2) is 0 Å². The first-order valence-electron chi connectivity index (χ1n) is 5.53. The molecule has 1 rings (SSSR count). The van der Waals surface area contributed by atoms with E-state index in [1.165, 1.54) is 0 Å². The van der Waals surface area contributed by atoms with Crippen molar-refractivity contribution in [3.8, 4) is 0 Å². The van der Waals surface area contributed by atoms with Gasteiger partial charge >= 0.3 is 0 Å². The lowest BCUT2D eigenvalue weighted by Crippen LogP contribution is -2.46. The first-order chi connectivity index (χ1) is 6.82. The molecule has 3 unspecified atom stereocenters. The fourth-order valence-electron chi connectivity index (χ4n) is 1.67. The van der Waals surface area contributed by atoms with Crippen LogP contribution in [0, 0.1) is 5.92 Å². The third-order valence-electron chi connectivity index (χ3n) is 2.86. The van der Waals surface area contributed by atoms with Crippen molar-refractivity contribution >= 4 is 16.8 Å². The number of hydrogen-bond donors (Lipinski definition) is 1. The van der Waals surface area contributed by atoms with Gasteiger partial charge in [-0.2, -0.15) is 0 Å². The second kappa shape index (κ2) is 4.74. The lowest BCUT2D eigenvalue weighted by Gasteiger charge is -2.30. The molecule has 15 heavy (non-hydrogen) atoms. The van der Waals surface area contributed by atoms with Crippen LogP contribution in [0.4, 0.5) is 0 Å². The molecule has 0 aromatic carbocycles. The van der Waals surface area contributed by atoms with E-state index in [4.69, 9.17) is 0 Å². The summed E-state index contributed by atoms with van der Waals surface area (Å²) in [7, 11) is -1.07. The van der Waals surface area contributed by atoms with Crippen LogP contribution in [0.1, 0.15) is 47.0 Å². The zero-order valence-electron chi connectivity index (χ0n) is 10.0. The quantitative estimate of drug-likeness (QED) is 0.787. The molecule has 0 aliphatic heterocycles. The van der Waals surface area contributed by atoms with Crippen LogP contribution in [0.5, 0.6) is 0 Å². The Hall–Kier alpha value is -0.220. The molecule has 0 saturated heterocycles. The molecule has 3 atom stereocenters. The van der Waals surface area contributed by atoms with Gasteiger partial charge in [0, 0.05) is 18.4 Å². The zero-order chi connectivity index (χ0) is 11.6. The Balaban J connectivity index is 2.58. The SMILES string of the molecule is CC1C(=O)CCCC1NS(=O)C(C)(C)C. The lowest BCUT2D eigenvalue weighted by atomic mass is 9.85. The van der Waals surface area contributed by atoms with Crippen LogP contribution in [-0.2, 0) is 15.8 Å². The second-order valence-corrected chi connectivity index (χ2v) is 7.25. The summed E-state index contributed by atoms with van der Waals surface area (Å²) in [5.74, 6) is 0.301. The fourth-order valence-corrected chi connectivity index (χ4v) is 2.62. The molecule has 3 nitrogen and oxygen atoms in total. The highest BCUT2D eigenvalue weighted by Crippen LogP contribution is 2.22. The highest BCUT2D eigenvalue weighted by molar-refractivity contribution is 7.84. The smallest absolute Gasteiger partial charge is 0.137 e. The van der Waals surface area contributed by atoms with Gasteiger partial charge in [-0.25, -0.2) is 8.93 Å². The topological polar surface area (TPSA) is 46.2 Å². The summed E-state index contributed by atoms with van der Waals surface area (Å²) in [6, 6.07) is 0.0892. The average Bonchev–Trinajstić information content (AvgIpc) is 2.11. The summed E-state index contributed by atoms with van der Waals surface area (Å²) in [6.07, 6.45) is 2.55. The Labute approximate surface area is 94.6 Å². The van der Waals surface area contributed by atoms with E-state index in [2.05, 4.69) is 4.72 Å². The largest absolute Gasteiger partial charge is 0.299 e. The minimum atomic E-state index is -1.07. The Kier molecular flexibility index (Phi) is 4.06. The Morgan fingerprint density at radius 1 is 1.40 bits per heavy atom. The molecule has 0 radical (unpaired) electrons. The molecule has 1 fully saturated rings. The summed E-state index contributed by atoms with van der Waals surface area (Å²) >= 11 is 0. The van der Waals surface area contributed by atoms with E-state index in [-0.39, 0.29) is 16.7 Å². The minimum absolute atomic E-state index is 0.00468. The van der Waals surface area contributed by atoms with Gasteiger partial charge in [-0.05, 0) is 33.6 Å². The van der Waals surface area contributed by atoms with Crippen LogP contribution in [-0.4, -0.2) is 20.8 Å². The number of carbonyl (C=O) groups is 1. The summed E-state index contributed by atoms with van der Waals surface area (Å²) in [4.78, 5) is 11.5. The van der Waals surface area contributed by atoms with E-state index in [1.54, 1.807) is 0 Å². The molecule has 0 aromatic rings. The van der Waals surface area contributed by atoms with E-state index < -0.39 is 11.0 Å². The molecule has 0 aromatic heterocycles. The maximum atomic E-state index is 11.9. The highest BCUT2D eigenvalue weighted by atomic mass is 32.2. The van der Waals surface area contributed by atoms with Crippen molar-refractivity contribution in [2.75, 3.05) is 0 Å². The van der Waals surface area contributed by atoms with Gasteiger partial charge in [-0.3, -0.25) is 4.79 Å². The van der Waals surface area contributed by atoms with E-state index in [0.717, 1.165) is 12.8 Å². The van der Waals surface area contributed by atoms with E-state index in [9.17, 15) is 9.00 Å². The van der Waals surface area contributed by atoms with Gasteiger partial charge in [0.1, 0.15) is 5.78 Å². The van der Waals surface area contributed by atoms with Gasteiger partial charge in [0.05, 0.1) is 15.7 Å². The molecule has 0 heterocycles. The van der Waals surface area contributed by atoms with Crippen molar-refractivity contribution in [1.29, 1.82) is 0 Å². The number of hydrogen-bond acceptors (Lipinski definition) is 2. The summed E-state index contributed by atoms with van der Waals surface area (Å²) in [5.41, 5.74) is 0. The van der Waals surface area contributed by atoms with E-state index in [0.29, 0.717) is 12.2 Å². The predicted octanol–water partition coefficient (Wildman–Crippen LogP) is 1.80. The van der Waals surface area contributed by atoms with Gasteiger partial charge in [0.2, 0.25) is 0 Å². The molecular formula is C11H21NO2S. The molecular weight excluding hydrogens is 210 g/mol. The first-order valence-corrected chi connectivity index (χ1v) is 6.68. The maximum absolute atomic E-state index is 11.9. The van der Waals surface area contributed by atoms with Gasteiger partial charge in [0.25, 0.3) is 0 Å². The third kappa shape index (κ3) is 3.38. The van der Waals surface area contributed by atoms with Crippen LogP contribution in [0.2, 0.25) is 0 Å². The Morgan fingerprint density at radius 2 is 2.00 bits per heavy atom. The minimum Gasteiger partial charge on any atom is -0.299 e. The van der Waals surface area contributed by atoms with E-state index >= 15 is 0 Å². The molecule has 0 bridgehead atoms. The number of nitrogens with one attached hydrogen (secondary N) is 1. The summed E-state index contributed by atoms with van der Waals surface area (Å²) in [6.45, 7) is 7.74. The Morgan fingerprint density at radius 3 is 2.53 bits per heavy atom. The second-order valence-electron chi connectivity index (χ2n) is 5.25. The van der Waals surface area contributed by atoms with Crippen LogP contribution in [0.25, 0.3) is 0 Å². The number of Topliss-reactive ketones (excluding diaryl/α,β-unsaturated/α-hetero) is 1. The van der Waals surface area contributed by atoms with Crippen molar-refractivity contribution in [1.82, 2.24) is 4.72 Å². The Bertz CT molecular complexity index is 270. The zero-order valence-corrected chi connectivity index (χ0v) is 10.8. The maximum Gasteiger partial charge on any atom is 0.137 e. The van der Waals surface area contributed by atoms with Gasteiger partial charge in [-0.1, -0.05) is 6.92 Å². The molecule has 0 amide bonds. The number of rotatable bonds is 2. The third-order valence-corrected chi connectivity index (χ3v) is 4.49. The highest BCUT2D eigenvalue weighted by Gasteiger charge is 2.31. The fraction of sp³-hybridized carbons (Fsp3) is 0.909. The van der Waals surface area contributed by atoms with Crippen LogP contribution in [0.3, 0.4) is 0 Å². The van der Waals surface area contributed by atoms with E-state index in [1.807, 2.05) is 27.7 Å². The molecule has 4 heteroatoms. The number of ketones is 1. The predicted molar refractivity (Wildman–Crippen MR) is 62.8 cm³/mol. The normalized spacial score (nSPS) is 30.3. The van der Waals surface area contributed by atoms with Gasteiger partial charge in [-0.15, -0.1) is 0 Å².